The zero-order valence-electron chi connectivity index (χ0n) is 20.2. The van der Waals surface area contributed by atoms with Gasteiger partial charge in [0.1, 0.15) is 11.5 Å². The van der Waals surface area contributed by atoms with Crippen molar-refractivity contribution in [2.24, 2.45) is 0 Å². The number of nitrogens with one attached hydrogen (secondary N) is 1. The molecular formula is C26H25FN6O2S. The number of pyridine rings is 1. The summed E-state index contributed by atoms with van der Waals surface area (Å²) < 4.78 is 17.2. The van der Waals surface area contributed by atoms with Crippen molar-refractivity contribution in [2.45, 2.75) is 33.6 Å². The summed E-state index contributed by atoms with van der Waals surface area (Å²) in [5.41, 5.74) is 4.63. The SMILES string of the molecule is CCN(CC)C(=O)c1ccc(-n2nc(-c3cccnc3)c3c2-c2sc(NC(C)=O)nc2CC3)c(F)c1. The van der Waals surface area contributed by atoms with E-state index in [0.717, 1.165) is 33.1 Å². The number of anilines is 1. The van der Waals surface area contributed by atoms with Crippen molar-refractivity contribution in [1.29, 1.82) is 0 Å². The van der Waals surface area contributed by atoms with E-state index < -0.39 is 5.82 Å². The minimum atomic E-state index is -0.547. The summed E-state index contributed by atoms with van der Waals surface area (Å²) >= 11 is 1.34. The Bertz CT molecular complexity index is 1460. The van der Waals surface area contributed by atoms with Gasteiger partial charge in [-0.25, -0.2) is 14.1 Å². The molecule has 1 aliphatic rings. The number of aryl methyl sites for hydroxylation is 1. The van der Waals surface area contributed by atoms with Gasteiger partial charge in [-0.15, -0.1) is 0 Å². The molecule has 184 valence electrons. The van der Waals surface area contributed by atoms with Crippen molar-refractivity contribution in [3.8, 4) is 27.5 Å². The molecule has 0 spiro atoms. The van der Waals surface area contributed by atoms with Crippen molar-refractivity contribution < 1.29 is 14.0 Å². The third kappa shape index (κ3) is 4.17. The summed E-state index contributed by atoms with van der Waals surface area (Å²) in [5, 5.41) is 8.09. The molecule has 0 aliphatic heterocycles. The molecule has 0 saturated carbocycles. The van der Waals surface area contributed by atoms with E-state index in [2.05, 4.69) is 15.3 Å². The number of carbonyl (C=O) groups is 2. The molecule has 1 N–H and O–H groups in total. The van der Waals surface area contributed by atoms with Crippen LogP contribution in [0.3, 0.4) is 0 Å². The fraction of sp³-hybridized carbons (Fsp3) is 0.269. The highest BCUT2D eigenvalue weighted by Gasteiger charge is 2.31. The molecule has 0 saturated heterocycles. The monoisotopic (exact) mass is 504 g/mol. The Morgan fingerprint density at radius 2 is 2.00 bits per heavy atom. The lowest BCUT2D eigenvalue weighted by atomic mass is 9.95. The maximum absolute atomic E-state index is 15.6. The molecule has 8 nitrogen and oxygen atoms in total. The predicted molar refractivity (Wildman–Crippen MR) is 137 cm³/mol. The molecule has 0 bridgehead atoms. The Labute approximate surface area is 211 Å². The van der Waals surface area contributed by atoms with E-state index in [0.29, 0.717) is 36.6 Å². The third-order valence-electron chi connectivity index (χ3n) is 6.20. The molecule has 0 fully saturated rings. The van der Waals surface area contributed by atoms with E-state index in [-0.39, 0.29) is 17.5 Å². The van der Waals surface area contributed by atoms with Crippen LogP contribution in [0.1, 0.15) is 42.4 Å². The fourth-order valence-electron chi connectivity index (χ4n) is 4.49. The Balaban J connectivity index is 1.67. The van der Waals surface area contributed by atoms with Crippen molar-refractivity contribution in [2.75, 3.05) is 18.4 Å². The van der Waals surface area contributed by atoms with Gasteiger partial charge in [0.05, 0.1) is 22.0 Å². The first-order valence-electron chi connectivity index (χ1n) is 11.8. The Morgan fingerprint density at radius 1 is 1.19 bits per heavy atom. The van der Waals surface area contributed by atoms with E-state index in [1.54, 1.807) is 34.1 Å². The van der Waals surface area contributed by atoms with Crippen LogP contribution in [0.4, 0.5) is 9.52 Å². The van der Waals surface area contributed by atoms with Crippen LogP contribution < -0.4 is 5.32 Å². The van der Waals surface area contributed by atoms with Crippen molar-refractivity contribution in [3.05, 3.63) is 65.4 Å². The fourth-order valence-corrected chi connectivity index (χ4v) is 5.60. The van der Waals surface area contributed by atoms with Gasteiger partial charge in [-0.2, -0.15) is 5.10 Å². The number of nitrogens with zero attached hydrogens (tertiary/aromatic N) is 5. The Morgan fingerprint density at radius 3 is 2.67 bits per heavy atom. The van der Waals surface area contributed by atoms with Gasteiger partial charge in [0.2, 0.25) is 5.91 Å². The van der Waals surface area contributed by atoms with Crippen LogP contribution in [-0.2, 0) is 17.6 Å². The molecule has 4 aromatic rings. The van der Waals surface area contributed by atoms with Crippen molar-refractivity contribution in [1.82, 2.24) is 24.6 Å². The molecule has 3 heterocycles. The maximum Gasteiger partial charge on any atom is 0.253 e. The summed E-state index contributed by atoms with van der Waals surface area (Å²) in [5.74, 6) is -0.964. The molecule has 2 amide bonds. The minimum Gasteiger partial charge on any atom is -0.339 e. The maximum atomic E-state index is 15.6. The van der Waals surface area contributed by atoms with Gasteiger partial charge in [0, 0.05) is 49.1 Å². The van der Waals surface area contributed by atoms with Crippen LogP contribution in [0.15, 0.2) is 42.7 Å². The van der Waals surface area contributed by atoms with Crippen LogP contribution in [0.2, 0.25) is 0 Å². The quantitative estimate of drug-likeness (QED) is 0.410. The molecule has 10 heteroatoms. The van der Waals surface area contributed by atoms with Gasteiger partial charge in [-0.05, 0) is 57.0 Å². The predicted octanol–water partition coefficient (Wildman–Crippen LogP) is 4.74. The lowest BCUT2D eigenvalue weighted by molar-refractivity contribution is -0.114. The zero-order valence-corrected chi connectivity index (χ0v) is 21.0. The van der Waals surface area contributed by atoms with Crippen LogP contribution in [0.5, 0.6) is 0 Å². The number of benzene rings is 1. The standard InChI is InChI=1S/C26H25FN6O2S/c1-4-32(5-2)25(35)16-8-11-21(19(27)13-16)33-23-18(22(31-33)17-7-6-12-28-14-17)9-10-20-24(23)36-26(30-20)29-15(3)34/h6-8,11-14H,4-5,9-10H2,1-3H3,(H,29,30,34). The van der Waals surface area contributed by atoms with E-state index in [1.165, 1.54) is 24.3 Å². The zero-order chi connectivity index (χ0) is 25.4. The van der Waals surface area contributed by atoms with Crippen LogP contribution >= 0.6 is 11.3 Å². The number of fused-ring (bicyclic) bond motifs is 3. The molecular weight excluding hydrogens is 479 g/mol. The summed E-state index contributed by atoms with van der Waals surface area (Å²) in [6.07, 6.45) is 4.77. The second kappa shape index (κ2) is 9.62. The highest BCUT2D eigenvalue weighted by molar-refractivity contribution is 7.19. The summed E-state index contributed by atoms with van der Waals surface area (Å²) in [6.45, 7) is 6.32. The molecule has 1 aromatic carbocycles. The molecule has 36 heavy (non-hydrogen) atoms. The topological polar surface area (TPSA) is 93.0 Å². The smallest absolute Gasteiger partial charge is 0.253 e. The van der Waals surface area contributed by atoms with Gasteiger partial charge in [-0.3, -0.25) is 14.6 Å². The van der Waals surface area contributed by atoms with Gasteiger partial charge in [0.25, 0.3) is 5.91 Å². The molecule has 5 rings (SSSR count). The number of halogens is 1. The first-order valence-corrected chi connectivity index (χ1v) is 12.6. The Hall–Kier alpha value is -3.92. The van der Waals surface area contributed by atoms with E-state index >= 15 is 4.39 Å². The molecule has 0 radical (unpaired) electrons. The minimum absolute atomic E-state index is 0.203. The highest BCUT2D eigenvalue weighted by Crippen LogP contribution is 2.44. The van der Waals surface area contributed by atoms with Gasteiger partial charge < -0.3 is 10.2 Å². The van der Waals surface area contributed by atoms with E-state index in [9.17, 15) is 9.59 Å². The second-order valence-corrected chi connectivity index (χ2v) is 9.45. The van der Waals surface area contributed by atoms with Crippen molar-refractivity contribution >= 4 is 28.3 Å². The van der Waals surface area contributed by atoms with E-state index in [4.69, 9.17) is 5.10 Å². The number of carbonyl (C=O) groups excluding carboxylic acids is 2. The van der Waals surface area contributed by atoms with Crippen LogP contribution in [0, 0.1) is 5.82 Å². The highest BCUT2D eigenvalue weighted by atomic mass is 32.1. The third-order valence-corrected chi connectivity index (χ3v) is 7.22. The average molecular weight is 505 g/mol. The van der Waals surface area contributed by atoms with E-state index in [1.807, 2.05) is 26.0 Å². The lowest BCUT2D eigenvalue weighted by Crippen LogP contribution is -2.30. The number of thiazole rings is 1. The number of hydrogen-bond acceptors (Lipinski definition) is 6. The first-order chi connectivity index (χ1) is 17.4. The molecule has 3 aromatic heterocycles. The summed E-state index contributed by atoms with van der Waals surface area (Å²) in [7, 11) is 0. The number of hydrogen-bond donors (Lipinski definition) is 1. The Kier molecular flexibility index (Phi) is 6.36. The molecule has 0 unspecified atom stereocenters. The number of rotatable bonds is 6. The van der Waals surface area contributed by atoms with Gasteiger partial charge in [0.15, 0.2) is 5.13 Å². The first kappa shape index (κ1) is 23.8. The van der Waals surface area contributed by atoms with Crippen molar-refractivity contribution in [3.63, 3.8) is 0 Å². The largest absolute Gasteiger partial charge is 0.339 e. The van der Waals surface area contributed by atoms with Crippen LogP contribution in [0.25, 0.3) is 27.5 Å². The summed E-state index contributed by atoms with van der Waals surface area (Å²) in [4.78, 5) is 35.7. The van der Waals surface area contributed by atoms with Gasteiger partial charge in [-0.1, -0.05) is 11.3 Å². The lowest BCUT2D eigenvalue weighted by Gasteiger charge is -2.19. The number of amides is 2. The molecule has 1 aliphatic carbocycles. The molecule has 0 atom stereocenters. The van der Waals surface area contributed by atoms with Crippen LogP contribution in [-0.4, -0.2) is 49.6 Å². The normalized spacial score (nSPS) is 12.1. The second-order valence-electron chi connectivity index (χ2n) is 8.45. The summed E-state index contributed by atoms with van der Waals surface area (Å²) in [6, 6.07) is 8.26. The number of aromatic nitrogens is 4. The average Bonchev–Trinajstić information content (AvgIpc) is 3.45. The van der Waals surface area contributed by atoms with Gasteiger partial charge >= 0.3 is 0 Å².